The second kappa shape index (κ2) is 6.83. The summed E-state index contributed by atoms with van der Waals surface area (Å²) in [6.45, 7) is 6.90. The number of halogens is 1. The van der Waals surface area contributed by atoms with Crippen molar-refractivity contribution in [3.63, 3.8) is 0 Å². The molecule has 1 fully saturated rings. The van der Waals surface area contributed by atoms with Crippen molar-refractivity contribution in [2.75, 3.05) is 39.8 Å². The molecule has 0 spiro atoms. The standard InChI is InChI=1S/C13H20BrN3OS/c1-10-12(14)7-11(19-10)8-16(2)9-13(18)17-5-3-15-4-6-17/h7,15H,3-6,8-9H2,1-2H3. The van der Waals surface area contributed by atoms with Crippen LogP contribution in [0.2, 0.25) is 0 Å². The van der Waals surface area contributed by atoms with Crippen LogP contribution in [0.5, 0.6) is 0 Å². The maximum absolute atomic E-state index is 12.1. The van der Waals surface area contributed by atoms with Crippen molar-refractivity contribution in [3.05, 3.63) is 20.3 Å². The predicted octanol–water partition coefficient (Wildman–Crippen LogP) is 1.68. The van der Waals surface area contributed by atoms with Gasteiger partial charge in [-0.3, -0.25) is 9.69 Å². The summed E-state index contributed by atoms with van der Waals surface area (Å²) in [5.41, 5.74) is 0. The number of likely N-dealkylation sites (N-methyl/N-ethyl adjacent to an activating group) is 1. The number of carbonyl (C=O) groups excluding carboxylic acids is 1. The Morgan fingerprint density at radius 1 is 1.53 bits per heavy atom. The van der Waals surface area contributed by atoms with E-state index in [1.165, 1.54) is 9.75 Å². The molecule has 1 aliphatic rings. The summed E-state index contributed by atoms with van der Waals surface area (Å²) in [4.78, 5) is 18.7. The van der Waals surface area contributed by atoms with E-state index in [2.05, 4.69) is 39.1 Å². The molecular weight excluding hydrogens is 326 g/mol. The van der Waals surface area contributed by atoms with Crippen LogP contribution in [-0.4, -0.2) is 55.5 Å². The molecule has 0 bridgehead atoms. The first-order valence-corrected chi connectivity index (χ1v) is 8.09. The van der Waals surface area contributed by atoms with Crippen molar-refractivity contribution in [1.82, 2.24) is 15.1 Å². The zero-order valence-corrected chi connectivity index (χ0v) is 13.8. The van der Waals surface area contributed by atoms with E-state index >= 15 is 0 Å². The molecule has 1 N–H and O–H groups in total. The highest BCUT2D eigenvalue weighted by Gasteiger charge is 2.18. The zero-order chi connectivity index (χ0) is 13.8. The number of aryl methyl sites for hydroxylation is 1. The van der Waals surface area contributed by atoms with Gasteiger partial charge in [0, 0.05) is 47.0 Å². The lowest BCUT2D eigenvalue weighted by Gasteiger charge is -2.29. The Morgan fingerprint density at radius 3 is 2.79 bits per heavy atom. The smallest absolute Gasteiger partial charge is 0.236 e. The number of nitrogens with zero attached hydrogens (tertiary/aromatic N) is 2. The van der Waals surface area contributed by atoms with Crippen LogP contribution in [0.15, 0.2) is 10.5 Å². The van der Waals surface area contributed by atoms with Gasteiger partial charge in [0.15, 0.2) is 0 Å². The van der Waals surface area contributed by atoms with Gasteiger partial charge in [-0.15, -0.1) is 11.3 Å². The van der Waals surface area contributed by atoms with Crippen LogP contribution in [-0.2, 0) is 11.3 Å². The van der Waals surface area contributed by atoms with Crippen LogP contribution in [0.1, 0.15) is 9.75 Å². The lowest BCUT2D eigenvalue weighted by molar-refractivity contribution is -0.132. The Balaban J connectivity index is 1.83. The van der Waals surface area contributed by atoms with Gasteiger partial charge >= 0.3 is 0 Å². The van der Waals surface area contributed by atoms with E-state index in [0.717, 1.165) is 37.2 Å². The molecular formula is C13H20BrN3OS. The van der Waals surface area contributed by atoms with Crippen LogP contribution in [0, 0.1) is 6.92 Å². The largest absolute Gasteiger partial charge is 0.339 e. The van der Waals surface area contributed by atoms with Gasteiger partial charge in [0.1, 0.15) is 0 Å². The molecule has 106 valence electrons. The molecule has 1 aliphatic heterocycles. The molecule has 0 atom stereocenters. The van der Waals surface area contributed by atoms with E-state index in [-0.39, 0.29) is 5.91 Å². The summed E-state index contributed by atoms with van der Waals surface area (Å²) < 4.78 is 1.16. The van der Waals surface area contributed by atoms with Crippen molar-refractivity contribution in [2.24, 2.45) is 0 Å². The Labute approximate surface area is 126 Å². The first-order valence-electron chi connectivity index (χ1n) is 6.48. The number of piperazine rings is 1. The molecule has 4 nitrogen and oxygen atoms in total. The van der Waals surface area contributed by atoms with Gasteiger partial charge in [-0.2, -0.15) is 0 Å². The summed E-state index contributed by atoms with van der Waals surface area (Å²) in [6, 6.07) is 2.14. The summed E-state index contributed by atoms with van der Waals surface area (Å²) in [6.07, 6.45) is 0. The number of amides is 1. The lowest BCUT2D eigenvalue weighted by atomic mass is 10.3. The van der Waals surface area contributed by atoms with E-state index in [1.54, 1.807) is 11.3 Å². The number of carbonyl (C=O) groups is 1. The van der Waals surface area contributed by atoms with E-state index in [4.69, 9.17) is 0 Å². The maximum Gasteiger partial charge on any atom is 0.236 e. The molecule has 19 heavy (non-hydrogen) atoms. The number of thiophene rings is 1. The first kappa shape index (κ1) is 15.0. The third kappa shape index (κ3) is 4.27. The number of hydrogen-bond acceptors (Lipinski definition) is 4. The molecule has 1 aromatic heterocycles. The average molecular weight is 346 g/mol. The Morgan fingerprint density at radius 2 is 2.21 bits per heavy atom. The summed E-state index contributed by atoms with van der Waals surface area (Å²) in [5, 5.41) is 3.26. The molecule has 0 saturated carbocycles. The predicted molar refractivity (Wildman–Crippen MR) is 82.5 cm³/mol. The Bertz CT molecular complexity index is 424. The fourth-order valence-corrected chi connectivity index (χ4v) is 3.84. The number of rotatable bonds is 4. The van der Waals surface area contributed by atoms with Crippen molar-refractivity contribution in [2.45, 2.75) is 13.5 Å². The molecule has 2 heterocycles. The van der Waals surface area contributed by atoms with Crippen LogP contribution in [0.3, 0.4) is 0 Å². The summed E-state index contributed by atoms with van der Waals surface area (Å²) >= 11 is 5.31. The van der Waals surface area contributed by atoms with Gasteiger partial charge in [-0.1, -0.05) is 0 Å². The van der Waals surface area contributed by atoms with Crippen LogP contribution < -0.4 is 5.32 Å². The molecule has 2 rings (SSSR count). The van der Waals surface area contributed by atoms with Gasteiger partial charge < -0.3 is 10.2 Å². The van der Waals surface area contributed by atoms with Crippen molar-refractivity contribution >= 4 is 33.2 Å². The zero-order valence-electron chi connectivity index (χ0n) is 11.4. The molecule has 0 unspecified atom stereocenters. The van der Waals surface area contributed by atoms with Crippen LogP contribution >= 0.6 is 27.3 Å². The Hall–Kier alpha value is -0.430. The van der Waals surface area contributed by atoms with Crippen molar-refractivity contribution in [1.29, 1.82) is 0 Å². The van der Waals surface area contributed by atoms with E-state index in [9.17, 15) is 4.79 Å². The van der Waals surface area contributed by atoms with Gasteiger partial charge in [0.2, 0.25) is 5.91 Å². The summed E-state index contributed by atoms with van der Waals surface area (Å²) in [5.74, 6) is 0.233. The Kier molecular flexibility index (Phi) is 5.38. The molecule has 1 saturated heterocycles. The third-order valence-electron chi connectivity index (χ3n) is 3.21. The first-order chi connectivity index (χ1) is 9.06. The molecule has 0 radical (unpaired) electrons. The van der Waals surface area contributed by atoms with Crippen molar-refractivity contribution < 1.29 is 4.79 Å². The highest BCUT2D eigenvalue weighted by molar-refractivity contribution is 9.10. The number of hydrogen-bond donors (Lipinski definition) is 1. The van der Waals surface area contributed by atoms with E-state index < -0.39 is 0 Å². The number of nitrogens with one attached hydrogen (secondary N) is 1. The third-order valence-corrected chi connectivity index (χ3v) is 5.33. The monoisotopic (exact) mass is 345 g/mol. The minimum absolute atomic E-state index is 0.233. The topological polar surface area (TPSA) is 35.6 Å². The minimum Gasteiger partial charge on any atom is -0.339 e. The van der Waals surface area contributed by atoms with Crippen LogP contribution in [0.25, 0.3) is 0 Å². The van der Waals surface area contributed by atoms with Gasteiger partial charge in [0.25, 0.3) is 0 Å². The lowest BCUT2D eigenvalue weighted by Crippen LogP contribution is -2.49. The fourth-order valence-electron chi connectivity index (χ4n) is 2.16. The van der Waals surface area contributed by atoms with Crippen LogP contribution in [0.4, 0.5) is 0 Å². The van der Waals surface area contributed by atoms with E-state index in [1.807, 2.05) is 11.9 Å². The highest BCUT2D eigenvalue weighted by Crippen LogP contribution is 2.26. The van der Waals surface area contributed by atoms with Crippen molar-refractivity contribution in [3.8, 4) is 0 Å². The quantitative estimate of drug-likeness (QED) is 0.901. The van der Waals surface area contributed by atoms with Gasteiger partial charge in [-0.25, -0.2) is 0 Å². The maximum atomic E-state index is 12.1. The molecule has 0 aliphatic carbocycles. The summed E-state index contributed by atoms with van der Waals surface area (Å²) in [7, 11) is 2.00. The molecule has 1 aromatic rings. The normalized spacial score (nSPS) is 16.1. The van der Waals surface area contributed by atoms with E-state index in [0.29, 0.717) is 6.54 Å². The molecule has 6 heteroatoms. The molecule has 1 amide bonds. The second-order valence-corrected chi connectivity index (χ2v) is 7.12. The highest BCUT2D eigenvalue weighted by atomic mass is 79.9. The minimum atomic E-state index is 0.233. The molecule has 0 aromatic carbocycles. The van der Waals surface area contributed by atoms with Gasteiger partial charge in [-0.05, 0) is 36.0 Å². The second-order valence-electron chi connectivity index (χ2n) is 4.92. The fraction of sp³-hybridized carbons (Fsp3) is 0.615. The average Bonchev–Trinajstić information content (AvgIpc) is 2.69. The van der Waals surface area contributed by atoms with Gasteiger partial charge in [0.05, 0.1) is 6.54 Å². The SMILES string of the molecule is Cc1sc(CN(C)CC(=O)N2CCNCC2)cc1Br.